The number of hydrogen-bond acceptors (Lipinski definition) is 3. The van der Waals surface area contributed by atoms with Gasteiger partial charge in [-0.05, 0) is 30.4 Å². The van der Waals surface area contributed by atoms with Crippen LogP contribution in [0.2, 0.25) is 0 Å². The predicted octanol–water partition coefficient (Wildman–Crippen LogP) is 2.42. The lowest BCUT2D eigenvalue weighted by molar-refractivity contribution is -0.128. The second kappa shape index (κ2) is 8.71. The number of nitrogens with zero attached hydrogens (tertiary/aromatic N) is 1. The van der Waals surface area contributed by atoms with Crippen molar-refractivity contribution >= 4 is 17.5 Å². The van der Waals surface area contributed by atoms with Crippen LogP contribution in [-0.4, -0.2) is 43.4 Å². The number of nitrogens with one attached hydrogen (secondary N) is 2. The average molecular weight is 331 g/mol. The Hall–Kier alpha value is -2.04. The molecule has 1 aromatic carbocycles. The van der Waals surface area contributed by atoms with E-state index in [4.69, 9.17) is 0 Å². The number of para-hydroxylation sites is 1. The van der Waals surface area contributed by atoms with E-state index in [9.17, 15) is 9.59 Å². The molecule has 2 N–H and O–H groups in total. The van der Waals surface area contributed by atoms with Crippen molar-refractivity contribution in [1.29, 1.82) is 0 Å². The number of benzene rings is 1. The van der Waals surface area contributed by atoms with E-state index >= 15 is 0 Å². The number of anilines is 1. The first-order valence-electron chi connectivity index (χ1n) is 8.78. The number of carbonyl (C=O) groups excluding carboxylic acids is 2. The number of carbonyl (C=O) groups is 2. The maximum atomic E-state index is 12.2. The van der Waals surface area contributed by atoms with Gasteiger partial charge in [0.15, 0.2) is 0 Å². The zero-order chi connectivity index (χ0) is 17.5. The Labute approximate surface area is 144 Å². The third kappa shape index (κ3) is 5.25. The zero-order valence-electron chi connectivity index (χ0n) is 15.0. The average Bonchev–Trinajstić information content (AvgIpc) is 2.56. The van der Waals surface area contributed by atoms with E-state index in [1.54, 1.807) is 19.0 Å². The lowest BCUT2D eigenvalue weighted by Crippen LogP contribution is -2.43. The van der Waals surface area contributed by atoms with Crippen molar-refractivity contribution in [2.75, 3.05) is 26.0 Å². The lowest BCUT2D eigenvalue weighted by Gasteiger charge is -2.29. The number of likely N-dealkylation sites (N-methyl/N-ethyl adjacent to an activating group) is 1. The van der Waals surface area contributed by atoms with E-state index < -0.39 is 0 Å². The van der Waals surface area contributed by atoms with E-state index in [0.717, 1.165) is 17.7 Å². The maximum absolute atomic E-state index is 12.2. The topological polar surface area (TPSA) is 61.4 Å². The smallest absolute Gasteiger partial charge is 0.239 e. The molecule has 0 saturated heterocycles. The first kappa shape index (κ1) is 18.3. The molecule has 2 atom stereocenters. The van der Waals surface area contributed by atoms with Gasteiger partial charge in [-0.15, -0.1) is 0 Å². The second-order valence-corrected chi connectivity index (χ2v) is 6.91. The minimum Gasteiger partial charge on any atom is -0.376 e. The maximum Gasteiger partial charge on any atom is 0.239 e. The van der Waals surface area contributed by atoms with Crippen molar-refractivity contribution in [2.24, 2.45) is 5.92 Å². The van der Waals surface area contributed by atoms with Crippen LogP contribution in [0.3, 0.4) is 0 Å². The van der Waals surface area contributed by atoms with Gasteiger partial charge in [0.2, 0.25) is 11.8 Å². The quantitative estimate of drug-likeness (QED) is 0.841. The van der Waals surface area contributed by atoms with Crippen LogP contribution in [0.5, 0.6) is 0 Å². The molecule has 24 heavy (non-hydrogen) atoms. The van der Waals surface area contributed by atoms with Crippen LogP contribution >= 0.6 is 0 Å². The monoisotopic (exact) mass is 331 g/mol. The predicted molar refractivity (Wildman–Crippen MR) is 96.9 cm³/mol. The van der Waals surface area contributed by atoms with Crippen LogP contribution in [-0.2, 0) is 16.0 Å². The molecule has 0 aliphatic heterocycles. The molecule has 5 heteroatoms. The van der Waals surface area contributed by atoms with Crippen molar-refractivity contribution in [1.82, 2.24) is 10.2 Å². The van der Waals surface area contributed by atoms with Crippen molar-refractivity contribution in [3.8, 4) is 0 Å². The van der Waals surface area contributed by atoms with Crippen LogP contribution in [0.15, 0.2) is 24.3 Å². The summed E-state index contributed by atoms with van der Waals surface area (Å²) in [7, 11) is 3.49. The minimum absolute atomic E-state index is 0.0162. The van der Waals surface area contributed by atoms with Gasteiger partial charge in [-0.3, -0.25) is 9.59 Å². The fraction of sp³-hybridized carbons (Fsp3) is 0.579. The van der Waals surface area contributed by atoms with Crippen LogP contribution < -0.4 is 10.6 Å². The van der Waals surface area contributed by atoms with E-state index in [1.807, 2.05) is 24.3 Å². The molecule has 132 valence electrons. The lowest BCUT2D eigenvalue weighted by atomic mass is 9.86. The van der Waals surface area contributed by atoms with Gasteiger partial charge in [0.1, 0.15) is 0 Å². The van der Waals surface area contributed by atoms with E-state index in [-0.39, 0.29) is 18.4 Å². The summed E-state index contributed by atoms with van der Waals surface area (Å²) in [6.07, 6.45) is 5.05. The minimum atomic E-state index is 0.0162. The number of rotatable bonds is 6. The van der Waals surface area contributed by atoms with Crippen LogP contribution in [0.1, 0.15) is 38.2 Å². The van der Waals surface area contributed by atoms with Gasteiger partial charge < -0.3 is 15.5 Å². The first-order valence-corrected chi connectivity index (χ1v) is 8.78. The molecular formula is C19H29N3O2. The molecule has 0 bridgehead atoms. The summed E-state index contributed by atoms with van der Waals surface area (Å²) in [5.74, 6) is 0.611. The number of amides is 2. The SMILES string of the molecule is C[C@H]1CCCC[C@@H]1NC(=O)CNc1ccccc1CC(=O)N(C)C. The van der Waals surface area contributed by atoms with Gasteiger partial charge >= 0.3 is 0 Å². The standard InChI is InChI=1S/C19H29N3O2/c1-14-8-4-6-10-16(14)21-18(23)13-20-17-11-7-5-9-15(17)12-19(24)22(2)3/h5,7,9,11,14,16,20H,4,6,8,10,12-13H2,1-3H3,(H,21,23)/t14-,16-/m0/s1. The Morgan fingerprint density at radius 2 is 1.88 bits per heavy atom. The molecule has 1 saturated carbocycles. The summed E-state index contributed by atoms with van der Waals surface area (Å²) in [5.41, 5.74) is 1.76. The molecule has 2 amide bonds. The summed E-state index contributed by atoms with van der Waals surface area (Å²) in [6.45, 7) is 2.44. The van der Waals surface area contributed by atoms with Gasteiger partial charge in [-0.2, -0.15) is 0 Å². The zero-order valence-corrected chi connectivity index (χ0v) is 15.0. The van der Waals surface area contributed by atoms with Crippen molar-refractivity contribution < 1.29 is 9.59 Å². The van der Waals surface area contributed by atoms with Crippen molar-refractivity contribution in [3.63, 3.8) is 0 Å². The van der Waals surface area contributed by atoms with Crippen LogP contribution in [0, 0.1) is 5.92 Å². The van der Waals surface area contributed by atoms with Gasteiger partial charge in [-0.1, -0.05) is 38.0 Å². The van der Waals surface area contributed by atoms with E-state index in [2.05, 4.69) is 17.6 Å². The van der Waals surface area contributed by atoms with Gasteiger partial charge in [0.25, 0.3) is 0 Å². The largest absolute Gasteiger partial charge is 0.376 e. The second-order valence-electron chi connectivity index (χ2n) is 6.91. The third-order valence-corrected chi connectivity index (χ3v) is 4.76. The molecule has 0 unspecified atom stereocenters. The van der Waals surface area contributed by atoms with Crippen LogP contribution in [0.25, 0.3) is 0 Å². The molecule has 1 fully saturated rings. The molecule has 2 rings (SSSR count). The Morgan fingerprint density at radius 1 is 1.17 bits per heavy atom. The Morgan fingerprint density at radius 3 is 2.58 bits per heavy atom. The normalized spacial score (nSPS) is 20.3. The molecule has 1 aromatic rings. The summed E-state index contributed by atoms with van der Waals surface area (Å²) >= 11 is 0. The molecule has 1 aliphatic rings. The summed E-state index contributed by atoms with van der Waals surface area (Å²) in [5, 5.41) is 6.32. The molecule has 0 radical (unpaired) electrons. The highest BCUT2D eigenvalue weighted by Gasteiger charge is 2.22. The Bertz CT molecular complexity index is 571. The van der Waals surface area contributed by atoms with Crippen LogP contribution in [0.4, 0.5) is 5.69 Å². The Balaban J connectivity index is 1.89. The Kier molecular flexibility index (Phi) is 6.64. The summed E-state index contributed by atoms with van der Waals surface area (Å²) < 4.78 is 0. The summed E-state index contributed by atoms with van der Waals surface area (Å²) in [4.78, 5) is 25.7. The first-order chi connectivity index (χ1) is 11.5. The van der Waals surface area contributed by atoms with Gasteiger partial charge in [-0.25, -0.2) is 0 Å². The molecule has 1 aliphatic carbocycles. The molecule has 5 nitrogen and oxygen atoms in total. The highest BCUT2D eigenvalue weighted by Crippen LogP contribution is 2.23. The fourth-order valence-corrected chi connectivity index (χ4v) is 3.13. The molecular weight excluding hydrogens is 302 g/mol. The van der Waals surface area contributed by atoms with Crippen molar-refractivity contribution in [3.05, 3.63) is 29.8 Å². The third-order valence-electron chi connectivity index (χ3n) is 4.76. The van der Waals surface area contributed by atoms with Gasteiger partial charge in [0, 0.05) is 25.8 Å². The van der Waals surface area contributed by atoms with E-state index in [0.29, 0.717) is 18.4 Å². The molecule has 0 heterocycles. The fourth-order valence-electron chi connectivity index (χ4n) is 3.13. The van der Waals surface area contributed by atoms with Crippen molar-refractivity contribution in [2.45, 2.75) is 45.1 Å². The number of hydrogen-bond donors (Lipinski definition) is 2. The van der Waals surface area contributed by atoms with Gasteiger partial charge in [0.05, 0.1) is 13.0 Å². The van der Waals surface area contributed by atoms with E-state index in [1.165, 1.54) is 19.3 Å². The highest BCUT2D eigenvalue weighted by atomic mass is 16.2. The highest BCUT2D eigenvalue weighted by molar-refractivity contribution is 5.83. The summed E-state index contributed by atoms with van der Waals surface area (Å²) in [6, 6.07) is 7.94. The molecule has 0 spiro atoms. The molecule has 0 aromatic heterocycles.